The maximum atomic E-state index is 10.7. The summed E-state index contributed by atoms with van der Waals surface area (Å²) in [4.78, 5) is 13.0. The van der Waals surface area contributed by atoms with Gasteiger partial charge in [0.1, 0.15) is 0 Å². The van der Waals surface area contributed by atoms with E-state index in [0.29, 0.717) is 10.8 Å². The van der Waals surface area contributed by atoms with Gasteiger partial charge in [-0.25, -0.2) is 4.79 Å². The number of thiol groups is 1. The van der Waals surface area contributed by atoms with Crippen LogP contribution in [0.3, 0.4) is 0 Å². The van der Waals surface area contributed by atoms with Crippen LogP contribution in [0.2, 0.25) is 0 Å². The Morgan fingerprint density at radius 3 is 2.31 bits per heavy atom. The van der Waals surface area contributed by atoms with Crippen LogP contribution < -0.4 is 4.90 Å². The molecule has 2 rings (SSSR count). The summed E-state index contributed by atoms with van der Waals surface area (Å²) >= 11 is 4.45. The predicted octanol–water partition coefficient (Wildman–Crippen LogP) is 2.28. The average Bonchev–Trinajstić information content (AvgIpc) is 2.30. The minimum Gasteiger partial charge on any atom is -0.478 e. The normalized spacial score (nSPS) is 17.4. The SMILES string of the molecule is O=C(O)c1ccc(N2CCC(S)CC2)cc1. The van der Waals surface area contributed by atoms with E-state index in [9.17, 15) is 4.79 Å². The Bertz CT molecular complexity index is 369. The molecule has 0 radical (unpaired) electrons. The predicted molar refractivity (Wildman–Crippen MR) is 67.6 cm³/mol. The molecule has 0 saturated carbocycles. The molecule has 1 aliphatic rings. The van der Waals surface area contributed by atoms with Crippen LogP contribution in [0.25, 0.3) is 0 Å². The number of hydrogen-bond donors (Lipinski definition) is 2. The summed E-state index contributed by atoms with van der Waals surface area (Å²) in [5, 5.41) is 9.31. The smallest absolute Gasteiger partial charge is 0.335 e. The molecule has 16 heavy (non-hydrogen) atoms. The molecule has 1 saturated heterocycles. The van der Waals surface area contributed by atoms with Gasteiger partial charge >= 0.3 is 5.97 Å². The number of anilines is 1. The Labute approximate surface area is 100 Å². The van der Waals surface area contributed by atoms with Crippen molar-refractivity contribution in [2.24, 2.45) is 0 Å². The number of nitrogens with zero attached hydrogens (tertiary/aromatic N) is 1. The van der Waals surface area contributed by atoms with E-state index in [2.05, 4.69) is 17.5 Å². The summed E-state index contributed by atoms with van der Waals surface area (Å²) in [6.45, 7) is 2.00. The number of piperidine rings is 1. The van der Waals surface area contributed by atoms with Crippen LogP contribution in [-0.2, 0) is 0 Å². The maximum Gasteiger partial charge on any atom is 0.335 e. The van der Waals surface area contributed by atoms with Crippen molar-refractivity contribution in [1.29, 1.82) is 0 Å². The Hall–Kier alpha value is -1.16. The van der Waals surface area contributed by atoms with Crippen LogP contribution in [0, 0.1) is 0 Å². The minimum atomic E-state index is -0.874. The molecule has 1 aliphatic heterocycles. The maximum absolute atomic E-state index is 10.7. The highest BCUT2D eigenvalue weighted by Gasteiger charge is 2.16. The first kappa shape index (κ1) is 11.3. The van der Waals surface area contributed by atoms with Gasteiger partial charge in [-0.2, -0.15) is 12.6 Å². The summed E-state index contributed by atoms with van der Waals surface area (Å²) in [5.41, 5.74) is 1.44. The quantitative estimate of drug-likeness (QED) is 0.775. The molecule has 0 aliphatic carbocycles. The zero-order valence-electron chi connectivity index (χ0n) is 8.97. The van der Waals surface area contributed by atoms with E-state index < -0.39 is 5.97 Å². The van der Waals surface area contributed by atoms with Crippen molar-refractivity contribution < 1.29 is 9.90 Å². The Balaban J connectivity index is 2.07. The third kappa shape index (κ3) is 2.50. The topological polar surface area (TPSA) is 40.5 Å². The van der Waals surface area contributed by atoms with Crippen molar-refractivity contribution in [2.75, 3.05) is 18.0 Å². The van der Waals surface area contributed by atoms with Gasteiger partial charge in [-0.05, 0) is 37.1 Å². The molecular formula is C12H15NO2S. The van der Waals surface area contributed by atoms with Crippen molar-refractivity contribution in [1.82, 2.24) is 0 Å². The molecule has 1 aromatic carbocycles. The van der Waals surface area contributed by atoms with E-state index in [0.717, 1.165) is 31.6 Å². The van der Waals surface area contributed by atoms with Gasteiger partial charge in [0.05, 0.1) is 5.56 Å². The lowest BCUT2D eigenvalue weighted by Gasteiger charge is -2.31. The first-order valence-electron chi connectivity index (χ1n) is 5.43. The lowest BCUT2D eigenvalue weighted by molar-refractivity contribution is 0.0697. The fourth-order valence-electron chi connectivity index (χ4n) is 1.94. The van der Waals surface area contributed by atoms with Crippen LogP contribution in [0.4, 0.5) is 5.69 Å². The second-order valence-corrected chi connectivity index (χ2v) is 4.80. The number of carbonyl (C=O) groups is 1. The van der Waals surface area contributed by atoms with Crippen LogP contribution in [0.15, 0.2) is 24.3 Å². The van der Waals surface area contributed by atoms with Crippen LogP contribution in [0.1, 0.15) is 23.2 Å². The van der Waals surface area contributed by atoms with E-state index >= 15 is 0 Å². The number of benzene rings is 1. The standard InChI is InChI=1S/C12H15NO2S/c14-12(15)9-1-3-10(4-2-9)13-7-5-11(16)6-8-13/h1-4,11,16H,5-8H2,(H,14,15). The molecule has 0 bridgehead atoms. The fraction of sp³-hybridized carbons (Fsp3) is 0.417. The molecular weight excluding hydrogens is 222 g/mol. The van der Waals surface area contributed by atoms with Crippen LogP contribution in [0.5, 0.6) is 0 Å². The second kappa shape index (κ2) is 4.78. The largest absolute Gasteiger partial charge is 0.478 e. The van der Waals surface area contributed by atoms with Crippen molar-refractivity contribution in [2.45, 2.75) is 18.1 Å². The molecule has 0 unspecified atom stereocenters. The number of aromatic carboxylic acids is 1. The van der Waals surface area contributed by atoms with E-state index in [-0.39, 0.29) is 0 Å². The van der Waals surface area contributed by atoms with Crippen molar-refractivity contribution in [3.63, 3.8) is 0 Å². The summed E-state index contributed by atoms with van der Waals surface area (Å²) in [6, 6.07) is 7.07. The minimum absolute atomic E-state index is 0.341. The first-order valence-corrected chi connectivity index (χ1v) is 5.95. The molecule has 86 valence electrons. The monoisotopic (exact) mass is 237 g/mol. The molecule has 1 aromatic rings. The number of hydrogen-bond acceptors (Lipinski definition) is 3. The molecule has 0 amide bonds. The second-order valence-electron chi connectivity index (χ2n) is 4.07. The highest BCUT2D eigenvalue weighted by molar-refractivity contribution is 7.80. The summed E-state index contributed by atoms with van der Waals surface area (Å²) < 4.78 is 0. The fourth-order valence-corrected chi connectivity index (χ4v) is 2.17. The first-order chi connectivity index (χ1) is 7.66. The lowest BCUT2D eigenvalue weighted by Crippen LogP contribution is -2.33. The van der Waals surface area contributed by atoms with E-state index in [4.69, 9.17) is 5.11 Å². The average molecular weight is 237 g/mol. The number of carboxylic acids is 1. The number of carboxylic acid groups (broad SMARTS) is 1. The summed E-state index contributed by atoms with van der Waals surface area (Å²) in [6.07, 6.45) is 2.17. The van der Waals surface area contributed by atoms with Gasteiger partial charge in [0, 0.05) is 24.0 Å². The van der Waals surface area contributed by atoms with Crippen molar-refractivity contribution in [3.05, 3.63) is 29.8 Å². The zero-order valence-corrected chi connectivity index (χ0v) is 9.86. The molecule has 1 fully saturated rings. The van der Waals surface area contributed by atoms with Gasteiger partial charge in [-0.3, -0.25) is 0 Å². The van der Waals surface area contributed by atoms with Crippen LogP contribution >= 0.6 is 12.6 Å². The van der Waals surface area contributed by atoms with E-state index in [1.165, 1.54) is 0 Å². The van der Waals surface area contributed by atoms with Crippen molar-refractivity contribution in [3.8, 4) is 0 Å². The summed E-state index contributed by atoms with van der Waals surface area (Å²) in [5.74, 6) is -0.874. The Kier molecular flexibility index (Phi) is 3.39. The van der Waals surface area contributed by atoms with E-state index in [1.807, 2.05) is 12.1 Å². The van der Waals surface area contributed by atoms with Gasteiger partial charge in [0.25, 0.3) is 0 Å². The van der Waals surface area contributed by atoms with Gasteiger partial charge in [-0.15, -0.1) is 0 Å². The zero-order chi connectivity index (χ0) is 11.5. The van der Waals surface area contributed by atoms with Crippen LogP contribution in [-0.4, -0.2) is 29.4 Å². The lowest BCUT2D eigenvalue weighted by atomic mass is 10.1. The third-order valence-electron chi connectivity index (χ3n) is 2.94. The molecule has 0 spiro atoms. The highest BCUT2D eigenvalue weighted by Crippen LogP contribution is 2.22. The van der Waals surface area contributed by atoms with Gasteiger partial charge in [0.2, 0.25) is 0 Å². The molecule has 1 heterocycles. The third-order valence-corrected chi connectivity index (χ3v) is 3.46. The number of rotatable bonds is 2. The molecule has 4 heteroatoms. The summed E-state index contributed by atoms with van der Waals surface area (Å²) in [7, 11) is 0. The molecule has 0 aromatic heterocycles. The van der Waals surface area contributed by atoms with Gasteiger partial charge in [0.15, 0.2) is 0 Å². The molecule has 1 N–H and O–H groups in total. The Morgan fingerprint density at radius 2 is 1.81 bits per heavy atom. The Morgan fingerprint density at radius 1 is 1.25 bits per heavy atom. The van der Waals surface area contributed by atoms with Gasteiger partial charge < -0.3 is 10.0 Å². The van der Waals surface area contributed by atoms with Gasteiger partial charge in [-0.1, -0.05) is 0 Å². The highest BCUT2D eigenvalue weighted by atomic mass is 32.1. The molecule has 0 atom stereocenters. The van der Waals surface area contributed by atoms with Crippen molar-refractivity contribution >= 4 is 24.3 Å². The van der Waals surface area contributed by atoms with E-state index in [1.54, 1.807) is 12.1 Å². The molecule has 3 nitrogen and oxygen atoms in total.